The third-order valence-electron chi connectivity index (χ3n) is 2.76. The molecule has 1 aliphatic rings. The minimum Gasteiger partial charge on any atom is -0.475 e. The zero-order valence-electron chi connectivity index (χ0n) is 10.0. The average Bonchev–Trinajstić information content (AvgIpc) is 2.93. The Labute approximate surface area is 104 Å². The molecule has 1 heterocycles. The highest BCUT2D eigenvalue weighted by molar-refractivity contribution is 5.84. The predicted molar refractivity (Wildman–Crippen MR) is 61.0 cm³/mol. The molecule has 18 heavy (non-hydrogen) atoms. The van der Waals surface area contributed by atoms with Gasteiger partial charge in [0.1, 0.15) is 5.76 Å². The van der Waals surface area contributed by atoms with Crippen LogP contribution >= 0.6 is 0 Å². The molecular weight excluding hydrogens is 238 g/mol. The molecule has 2 rings (SSSR count). The largest absolute Gasteiger partial charge is 0.475 e. The number of carboxylic acid groups (broad SMARTS) is 1. The van der Waals surface area contributed by atoms with Crippen LogP contribution in [0.3, 0.4) is 0 Å². The van der Waals surface area contributed by atoms with Gasteiger partial charge in [0.2, 0.25) is 11.7 Å². The Morgan fingerprint density at radius 1 is 1.56 bits per heavy atom. The third-order valence-corrected chi connectivity index (χ3v) is 2.76. The van der Waals surface area contributed by atoms with Crippen molar-refractivity contribution in [3.63, 3.8) is 0 Å². The molecule has 98 valence electrons. The Balaban J connectivity index is 1.77. The number of hydrogen-bond acceptors (Lipinski definition) is 4. The molecule has 1 fully saturated rings. The van der Waals surface area contributed by atoms with Gasteiger partial charge in [-0.05, 0) is 25.5 Å². The molecule has 1 aromatic rings. The lowest BCUT2D eigenvalue weighted by Gasteiger charge is -2.02. The van der Waals surface area contributed by atoms with Crippen LogP contribution in [0.4, 0.5) is 0 Å². The summed E-state index contributed by atoms with van der Waals surface area (Å²) in [5.74, 6) is -0.987. The Kier molecular flexibility index (Phi) is 3.66. The molecule has 6 nitrogen and oxygen atoms in total. The number of hydrogen-bond donors (Lipinski definition) is 2. The van der Waals surface area contributed by atoms with Crippen molar-refractivity contribution in [3.8, 4) is 0 Å². The number of carboxylic acids is 1. The SMILES string of the molecule is CCO[C@@H]1C[C@@H]1C(=O)NCc1ccc(C(=O)O)o1. The van der Waals surface area contributed by atoms with Crippen molar-refractivity contribution in [2.75, 3.05) is 6.61 Å². The van der Waals surface area contributed by atoms with E-state index in [1.54, 1.807) is 0 Å². The Bertz CT molecular complexity index is 453. The predicted octanol–water partition coefficient (Wildman–Crippen LogP) is 1.02. The summed E-state index contributed by atoms with van der Waals surface area (Å²) in [6.45, 7) is 2.69. The van der Waals surface area contributed by atoms with Gasteiger partial charge in [0.15, 0.2) is 0 Å². The number of carbonyl (C=O) groups is 2. The summed E-state index contributed by atoms with van der Waals surface area (Å²) < 4.78 is 10.3. The van der Waals surface area contributed by atoms with Crippen LogP contribution in [0.1, 0.15) is 29.7 Å². The van der Waals surface area contributed by atoms with Crippen molar-refractivity contribution in [1.82, 2.24) is 5.32 Å². The van der Waals surface area contributed by atoms with Gasteiger partial charge in [0.25, 0.3) is 0 Å². The van der Waals surface area contributed by atoms with Crippen molar-refractivity contribution < 1.29 is 23.8 Å². The Hall–Kier alpha value is -1.82. The minimum atomic E-state index is -1.12. The topological polar surface area (TPSA) is 88.8 Å². The second-order valence-corrected chi connectivity index (χ2v) is 4.12. The molecule has 6 heteroatoms. The first-order chi connectivity index (χ1) is 8.61. The monoisotopic (exact) mass is 253 g/mol. The van der Waals surface area contributed by atoms with E-state index >= 15 is 0 Å². The first kappa shape index (κ1) is 12.6. The van der Waals surface area contributed by atoms with E-state index in [1.807, 2.05) is 6.92 Å². The molecule has 0 unspecified atom stereocenters. The molecule has 2 N–H and O–H groups in total. The normalized spacial score (nSPS) is 21.6. The fourth-order valence-corrected chi connectivity index (χ4v) is 1.74. The second-order valence-electron chi connectivity index (χ2n) is 4.12. The summed E-state index contributed by atoms with van der Waals surface area (Å²) in [6.07, 6.45) is 0.777. The smallest absolute Gasteiger partial charge is 0.371 e. The fraction of sp³-hybridized carbons (Fsp3) is 0.500. The number of ether oxygens (including phenoxy) is 1. The second kappa shape index (κ2) is 5.22. The fourth-order valence-electron chi connectivity index (χ4n) is 1.74. The molecular formula is C12H15NO5. The van der Waals surface area contributed by atoms with Crippen LogP contribution in [-0.2, 0) is 16.1 Å². The summed E-state index contributed by atoms with van der Waals surface area (Å²) in [7, 11) is 0. The summed E-state index contributed by atoms with van der Waals surface area (Å²) in [4.78, 5) is 22.2. The lowest BCUT2D eigenvalue weighted by atomic mass is 10.3. The standard InChI is InChI=1S/C12H15NO5/c1-2-17-10-5-8(10)11(14)13-6-7-3-4-9(18-7)12(15)16/h3-4,8,10H,2,5-6H2,1H3,(H,13,14)(H,15,16)/t8-,10+/m0/s1. The van der Waals surface area contributed by atoms with E-state index in [-0.39, 0.29) is 30.2 Å². The number of amides is 1. The molecule has 2 atom stereocenters. The van der Waals surface area contributed by atoms with E-state index in [9.17, 15) is 9.59 Å². The summed E-state index contributed by atoms with van der Waals surface area (Å²) in [6, 6.07) is 2.90. The molecule has 0 spiro atoms. The highest BCUT2D eigenvalue weighted by Gasteiger charge is 2.43. The molecule has 1 aromatic heterocycles. The van der Waals surface area contributed by atoms with E-state index in [0.29, 0.717) is 12.4 Å². The third kappa shape index (κ3) is 2.89. The van der Waals surface area contributed by atoms with Crippen LogP contribution < -0.4 is 5.32 Å². The van der Waals surface area contributed by atoms with Crippen LogP contribution in [0.15, 0.2) is 16.5 Å². The maximum atomic E-state index is 11.7. The number of furan rings is 1. The van der Waals surface area contributed by atoms with E-state index < -0.39 is 5.97 Å². The Morgan fingerprint density at radius 2 is 2.33 bits per heavy atom. The van der Waals surface area contributed by atoms with Crippen molar-refractivity contribution in [1.29, 1.82) is 0 Å². The van der Waals surface area contributed by atoms with Crippen molar-refractivity contribution in [3.05, 3.63) is 23.7 Å². The average molecular weight is 253 g/mol. The van der Waals surface area contributed by atoms with Crippen molar-refractivity contribution in [2.24, 2.45) is 5.92 Å². The van der Waals surface area contributed by atoms with Gasteiger partial charge in [-0.2, -0.15) is 0 Å². The van der Waals surface area contributed by atoms with Gasteiger partial charge in [0.05, 0.1) is 18.6 Å². The van der Waals surface area contributed by atoms with Crippen LogP contribution in [0.5, 0.6) is 0 Å². The van der Waals surface area contributed by atoms with Crippen LogP contribution in [0, 0.1) is 5.92 Å². The molecule has 0 aromatic carbocycles. The van der Waals surface area contributed by atoms with Crippen LogP contribution in [-0.4, -0.2) is 29.7 Å². The van der Waals surface area contributed by atoms with E-state index in [0.717, 1.165) is 6.42 Å². The van der Waals surface area contributed by atoms with E-state index in [2.05, 4.69) is 5.32 Å². The molecule has 1 saturated carbocycles. The van der Waals surface area contributed by atoms with Crippen LogP contribution in [0.25, 0.3) is 0 Å². The number of rotatable bonds is 6. The summed E-state index contributed by atoms with van der Waals surface area (Å²) >= 11 is 0. The first-order valence-corrected chi connectivity index (χ1v) is 5.83. The number of nitrogens with one attached hydrogen (secondary N) is 1. The molecule has 1 amide bonds. The highest BCUT2D eigenvalue weighted by Crippen LogP contribution is 2.33. The summed E-state index contributed by atoms with van der Waals surface area (Å²) in [5.41, 5.74) is 0. The zero-order valence-corrected chi connectivity index (χ0v) is 10.0. The minimum absolute atomic E-state index is 0.0289. The molecule has 0 bridgehead atoms. The molecule has 0 radical (unpaired) electrons. The van der Waals surface area contributed by atoms with Gasteiger partial charge >= 0.3 is 5.97 Å². The van der Waals surface area contributed by atoms with Gasteiger partial charge in [-0.1, -0.05) is 0 Å². The molecule has 0 aliphatic heterocycles. The Morgan fingerprint density at radius 3 is 2.94 bits per heavy atom. The van der Waals surface area contributed by atoms with Crippen molar-refractivity contribution >= 4 is 11.9 Å². The van der Waals surface area contributed by atoms with Gasteiger partial charge < -0.3 is 19.6 Å². The quantitative estimate of drug-likeness (QED) is 0.790. The van der Waals surface area contributed by atoms with E-state index in [4.69, 9.17) is 14.3 Å². The highest BCUT2D eigenvalue weighted by atomic mass is 16.5. The maximum Gasteiger partial charge on any atom is 0.371 e. The molecule has 1 aliphatic carbocycles. The maximum absolute atomic E-state index is 11.7. The zero-order chi connectivity index (χ0) is 13.1. The summed E-state index contributed by atoms with van der Waals surface area (Å²) in [5, 5.41) is 11.4. The number of aromatic carboxylic acids is 1. The lowest BCUT2D eigenvalue weighted by molar-refractivity contribution is -0.123. The molecule has 0 saturated heterocycles. The van der Waals surface area contributed by atoms with Crippen molar-refractivity contribution in [2.45, 2.75) is 26.0 Å². The number of carbonyl (C=O) groups excluding carboxylic acids is 1. The van der Waals surface area contributed by atoms with Gasteiger partial charge in [-0.3, -0.25) is 4.79 Å². The first-order valence-electron chi connectivity index (χ1n) is 5.83. The van der Waals surface area contributed by atoms with Gasteiger partial charge in [0, 0.05) is 6.61 Å². The van der Waals surface area contributed by atoms with Crippen LogP contribution in [0.2, 0.25) is 0 Å². The lowest BCUT2D eigenvalue weighted by Crippen LogP contribution is -2.25. The van der Waals surface area contributed by atoms with E-state index in [1.165, 1.54) is 12.1 Å². The van der Waals surface area contributed by atoms with Gasteiger partial charge in [-0.25, -0.2) is 4.79 Å². The van der Waals surface area contributed by atoms with Gasteiger partial charge in [-0.15, -0.1) is 0 Å².